The normalized spacial score (nSPS) is 17.3. The molecule has 1 atom stereocenters. The van der Waals surface area contributed by atoms with E-state index in [-0.39, 0.29) is 17.7 Å². The molecule has 0 radical (unpaired) electrons. The first-order valence-electron chi connectivity index (χ1n) is 9.38. The van der Waals surface area contributed by atoms with Crippen molar-refractivity contribution in [2.45, 2.75) is 52.9 Å². The molecule has 1 heterocycles. The zero-order chi connectivity index (χ0) is 19.1. The van der Waals surface area contributed by atoms with Gasteiger partial charge in [0.15, 0.2) is 0 Å². The van der Waals surface area contributed by atoms with E-state index < -0.39 is 0 Å². The van der Waals surface area contributed by atoms with Crippen molar-refractivity contribution in [2.75, 3.05) is 23.7 Å². The second-order valence-corrected chi connectivity index (χ2v) is 7.04. The lowest BCUT2D eigenvalue weighted by molar-refractivity contribution is -0.115. The average Bonchev–Trinajstić information content (AvgIpc) is 2.78. The molecular weight excluding hydrogens is 330 g/mol. The number of carbonyl (C=O) groups excluding carboxylic acids is 3. The Kier molecular flexibility index (Phi) is 7.18. The molecule has 0 aromatic heterocycles. The van der Waals surface area contributed by atoms with Gasteiger partial charge < -0.3 is 15.5 Å². The zero-order valence-corrected chi connectivity index (χ0v) is 15.9. The molecule has 142 valence electrons. The van der Waals surface area contributed by atoms with Crippen molar-refractivity contribution in [2.24, 2.45) is 5.92 Å². The van der Waals surface area contributed by atoms with Crippen molar-refractivity contribution in [1.82, 2.24) is 4.90 Å². The molecule has 1 aliphatic heterocycles. The van der Waals surface area contributed by atoms with Crippen molar-refractivity contribution in [1.29, 1.82) is 0 Å². The molecule has 26 heavy (non-hydrogen) atoms. The fourth-order valence-corrected chi connectivity index (χ4v) is 3.55. The summed E-state index contributed by atoms with van der Waals surface area (Å²) in [6, 6.07) is 4.99. The zero-order valence-electron chi connectivity index (χ0n) is 15.9. The monoisotopic (exact) mass is 359 g/mol. The summed E-state index contributed by atoms with van der Waals surface area (Å²) in [5.41, 5.74) is 1.49. The van der Waals surface area contributed by atoms with Gasteiger partial charge in [-0.15, -0.1) is 0 Å². The van der Waals surface area contributed by atoms with Gasteiger partial charge in [-0.1, -0.05) is 19.8 Å². The Bertz CT molecular complexity index is 638. The summed E-state index contributed by atoms with van der Waals surface area (Å²) in [5, 5.41) is 5.38. The molecule has 0 unspecified atom stereocenters. The first-order chi connectivity index (χ1) is 12.4. The fraction of sp³-hybridized carbons (Fsp3) is 0.550. The lowest BCUT2D eigenvalue weighted by atomic mass is 9.96. The minimum absolute atomic E-state index is 0.0547. The Morgan fingerprint density at radius 2 is 1.62 bits per heavy atom. The van der Waals surface area contributed by atoms with E-state index >= 15 is 0 Å². The smallest absolute Gasteiger partial charge is 0.254 e. The van der Waals surface area contributed by atoms with E-state index in [1.165, 1.54) is 33.1 Å². The first-order valence-corrected chi connectivity index (χ1v) is 9.38. The third kappa shape index (κ3) is 5.86. The van der Waals surface area contributed by atoms with Crippen molar-refractivity contribution in [3.05, 3.63) is 23.8 Å². The Morgan fingerprint density at radius 3 is 2.15 bits per heavy atom. The first kappa shape index (κ1) is 19.9. The lowest BCUT2D eigenvalue weighted by Crippen LogP contribution is -2.32. The maximum Gasteiger partial charge on any atom is 0.254 e. The van der Waals surface area contributed by atoms with Gasteiger partial charge in [0.2, 0.25) is 11.8 Å². The molecule has 2 N–H and O–H groups in total. The highest BCUT2D eigenvalue weighted by Gasteiger charge is 2.22. The second kappa shape index (κ2) is 9.36. The maximum atomic E-state index is 13.0. The van der Waals surface area contributed by atoms with Crippen LogP contribution in [0.2, 0.25) is 0 Å². The van der Waals surface area contributed by atoms with Crippen LogP contribution in [0.1, 0.15) is 63.2 Å². The molecule has 1 saturated heterocycles. The number of amides is 3. The lowest BCUT2D eigenvalue weighted by Gasteiger charge is -2.21. The van der Waals surface area contributed by atoms with E-state index in [4.69, 9.17) is 0 Å². The molecule has 0 aliphatic carbocycles. The third-order valence-electron chi connectivity index (χ3n) is 4.65. The molecule has 0 spiro atoms. The summed E-state index contributed by atoms with van der Waals surface area (Å²) in [6.45, 7) is 6.53. The number of nitrogens with one attached hydrogen (secondary N) is 2. The summed E-state index contributed by atoms with van der Waals surface area (Å²) in [6.07, 6.45) is 5.61. The van der Waals surface area contributed by atoms with Gasteiger partial charge in [0.1, 0.15) is 0 Å². The van der Waals surface area contributed by atoms with Gasteiger partial charge in [0.25, 0.3) is 5.91 Å². The minimum atomic E-state index is -0.222. The number of likely N-dealkylation sites (tertiary alicyclic amines) is 1. The predicted octanol–water partition coefficient (Wildman–Crippen LogP) is 3.65. The molecule has 1 aliphatic rings. The highest BCUT2D eigenvalue weighted by molar-refractivity contribution is 6.00. The standard InChI is InChI=1S/C20H29N3O3/c1-4-6-16-7-5-9-23(10-8-16)20(26)17-11-18(21-14(2)24)13-19(12-17)22-15(3)25/h11-13,16H,4-10H2,1-3H3,(H,21,24)(H,22,25)/t16-/m0/s1. The number of benzene rings is 1. The van der Waals surface area contributed by atoms with E-state index in [9.17, 15) is 14.4 Å². The van der Waals surface area contributed by atoms with Crippen molar-refractivity contribution >= 4 is 29.1 Å². The Hall–Kier alpha value is -2.37. The topological polar surface area (TPSA) is 78.5 Å². The van der Waals surface area contributed by atoms with Crippen LogP contribution in [0.25, 0.3) is 0 Å². The number of anilines is 2. The van der Waals surface area contributed by atoms with E-state index in [2.05, 4.69) is 17.6 Å². The molecule has 1 aromatic carbocycles. The quantitative estimate of drug-likeness (QED) is 0.842. The summed E-state index contributed by atoms with van der Waals surface area (Å²) in [5.74, 6) is 0.195. The van der Waals surface area contributed by atoms with Crippen LogP contribution in [0.5, 0.6) is 0 Å². The van der Waals surface area contributed by atoms with Crippen LogP contribution < -0.4 is 10.6 Å². The number of hydrogen-bond donors (Lipinski definition) is 2. The Labute approximate surface area is 155 Å². The van der Waals surface area contributed by atoms with E-state index in [1.54, 1.807) is 18.2 Å². The van der Waals surface area contributed by atoms with Crippen LogP contribution in [0.4, 0.5) is 11.4 Å². The SMILES string of the molecule is CCC[C@H]1CCCN(C(=O)c2cc(NC(C)=O)cc(NC(C)=O)c2)CC1. The molecule has 6 nitrogen and oxygen atoms in total. The van der Waals surface area contributed by atoms with Crippen LogP contribution in [0, 0.1) is 5.92 Å². The predicted molar refractivity (Wildman–Crippen MR) is 103 cm³/mol. The summed E-state index contributed by atoms with van der Waals surface area (Å²) >= 11 is 0. The van der Waals surface area contributed by atoms with Gasteiger partial charge in [-0.3, -0.25) is 14.4 Å². The van der Waals surface area contributed by atoms with Gasteiger partial charge in [-0.2, -0.15) is 0 Å². The summed E-state index contributed by atoms with van der Waals surface area (Å²) in [4.78, 5) is 37.6. The van der Waals surface area contributed by atoms with Crippen molar-refractivity contribution in [3.63, 3.8) is 0 Å². The highest BCUT2D eigenvalue weighted by atomic mass is 16.2. The second-order valence-electron chi connectivity index (χ2n) is 7.04. The van der Waals surface area contributed by atoms with Gasteiger partial charge in [0.05, 0.1) is 0 Å². The molecular formula is C20H29N3O3. The van der Waals surface area contributed by atoms with Crippen LogP contribution >= 0.6 is 0 Å². The number of nitrogens with zero attached hydrogens (tertiary/aromatic N) is 1. The highest BCUT2D eigenvalue weighted by Crippen LogP contribution is 2.25. The third-order valence-corrected chi connectivity index (χ3v) is 4.65. The molecule has 1 fully saturated rings. The van der Waals surface area contributed by atoms with Crippen LogP contribution in [-0.2, 0) is 9.59 Å². The van der Waals surface area contributed by atoms with Gasteiger partial charge >= 0.3 is 0 Å². The fourth-order valence-electron chi connectivity index (χ4n) is 3.55. The van der Waals surface area contributed by atoms with Gasteiger partial charge in [-0.05, 0) is 43.4 Å². The Morgan fingerprint density at radius 1 is 1.00 bits per heavy atom. The number of hydrogen-bond acceptors (Lipinski definition) is 3. The molecule has 6 heteroatoms. The number of rotatable bonds is 5. The number of carbonyl (C=O) groups is 3. The molecule has 2 rings (SSSR count). The summed E-state index contributed by atoms with van der Waals surface area (Å²) in [7, 11) is 0. The van der Waals surface area contributed by atoms with Crippen molar-refractivity contribution in [3.8, 4) is 0 Å². The molecule has 1 aromatic rings. The van der Waals surface area contributed by atoms with Crippen LogP contribution in [0.15, 0.2) is 18.2 Å². The van der Waals surface area contributed by atoms with E-state index in [1.807, 2.05) is 4.90 Å². The minimum Gasteiger partial charge on any atom is -0.339 e. The average molecular weight is 359 g/mol. The van der Waals surface area contributed by atoms with Gasteiger partial charge in [0, 0.05) is 43.9 Å². The van der Waals surface area contributed by atoms with E-state index in [0.29, 0.717) is 22.9 Å². The largest absolute Gasteiger partial charge is 0.339 e. The molecule has 3 amide bonds. The maximum absolute atomic E-state index is 13.0. The van der Waals surface area contributed by atoms with E-state index in [0.717, 1.165) is 25.9 Å². The molecule has 0 saturated carbocycles. The summed E-state index contributed by atoms with van der Waals surface area (Å²) < 4.78 is 0. The molecule has 0 bridgehead atoms. The van der Waals surface area contributed by atoms with Crippen molar-refractivity contribution < 1.29 is 14.4 Å². The van der Waals surface area contributed by atoms with Crippen LogP contribution in [0.3, 0.4) is 0 Å². The Balaban J connectivity index is 2.20. The van der Waals surface area contributed by atoms with Crippen LogP contribution in [-0.4, -0.2) is 35.7 Å². The van der Waals surface area contributed by atoms with Gasteiger partial charge in [-0.25, -0.2) is 0 Å².